The van der Waals surface area contributed by atoms with E-state index in [1.54, 1.807) is 13.4 Å². The molecule has 22 heavy (non-hydrogen) atoms. The van der Waals surface area contributed by atoms with Gasteiger partial charge in [0.05, 0.1) is 12.4 Å². The summed E-state index contributed by atoms with van der Waals surface area (Å²) in [4.78, 5) is 12.1. The highest BCUT2D eigenvalue weighted by Crippen LogP contribution is 2.20. The van der Waals surface area contributed by atoms with E-state index in [1.165, 1.54) is 11.8 Å². The van der Waals surface area contributed by atoms with Crippen LogP contribution in [0, 0.1) is 13.8 Å². The molecule has 2 rings (SSSR count). The monoisotopic (exact) mass is 320 g/mol. The van der Waals surface area contributed by atoms with Crippen LogP contribution in [-0.4, -0.2) is 40.1 Å². The van der Waals surface area contributed by atoms with Gasteiger partial charge in [-0.1, -0.05) is 30.0 Å². The van der Waals surface area contributed by atoms with Crippen LogP contribution in [0.3, 0.4) is 0 Å². The fourth-order valence-electron chi connectivity index (χ4n) is 2.02. The lowest BCUT2D eigenvalue weighted by atomic mass is 10.1. The molecule has 7 heteroatoms. The number of amides is 1. The second-order valence-corrected chi connectivity index (χ2v) is 5.85. The van der Waals surface area contributed by atoms with Crippen molar-refractivity contribution in [3.63, 3.8) is 0 Å². The second kappa shape index (κ2) is 7.95. The van der Waals surface area contributed by atoms with Crippen molar-refractivity contribution in [2.24, 2.45) is 0 Å². The average molecular weight is 320 g/mol. The molecule has 2 aromatic rings. The molecule has 1 amide bonds. The van der Waals surface area contributed by atoms with Crippen LogP contribution in [0.4, 0.5) is 5.69 Å². The minimum Gasteiger partial charge on any atom is -0.383 e. The molecule has 0 aliphatic rings. The van der Waals surface area contributed by atoms with Crippen LogP contribution in [0.2, 0.25) is 0 Å². The highest BCUT2D eigenvalue weighted by atomic mass is 32.2. The number of anilines is 1. The number of hydrogen-bond acceptors (Lipinski definition) is 5. The predicted octanol–water partition coefficient (Wildman–Crippen LogP) is 2.27. The van der Waals surface area contributed by atoms with E-state index in [9.17, 15) is 4.79 Å². The number of para-hydroxylation sites is 1. The van der Waals surface area contributed by atoms with E-state index in [-0.39, 0.29) is 5.91 Å². The standard InChI is InChI=1S/C15H20N4O2S/c1-11-5-4-6-12(2)14(11)17-13(20)9-22-15-18-16-10-19(15)7-8-21-3/h4-6,10H,7-9H2,1-3H3,(H,17,20). The number of rotatable bonds is 7. The van der Waals surface area contributed by atoms with E-state index >= 15 is 0 Å². The third kappa shape index (κ3) is 4.32. The number of benzene rings is 1. The number of methoxy groups -OCH3 is 1. The van der Waals surface area contributed by atoms with Gasteiger partial charge < -0.3 is 14.6 Å². The molecule has 0 saturated heterocycles. The van der Waals surface area contributed by atoms with Gasteiger partial charge in [0.2, 0.25) is 5.91 Å². The van der Waals surface area contributed by atoms with Crippen molar-refractivity contribution in [1.82, 2.24) is 14.8 Å². The van der Waals surface area contributed by atoms with Crippen LogP contribution in [0.25, 0.3) is 0 Å². The zero-order valence-electron chi connectivity index (χ0n) is 13.0. The summed E-state index contributed by atoms with van der Waals surface area (Å²) in [6, 6.07) is 5.95. The van der Waals surface area contributed by atoms with Gasteiger partial charge in [-0.25, -0.2) is 0 Å². The lowest BCUT2D eigenvalue weighted by Gasteiger charge is -2.11. The number of thioether (sulfide) groups is 1. The number of aryl methyl sites for hydroxylation is 2. The highest BCUT2D eigenvalue weighted by Gasteiger charge is 2.11. The van der Waals surface area contributed by atoms with Gasteiger partial charge in [0.15, 0.2) is 5.16 Å². The van der Waals surface area contributed by atoms with Crippen molar-refractivity contribution in [2.45, 2.75) is 25.5 Å². The zero-order chi connectivity index (χ0) is 15.9. The Bertz CT molecular complexity index is 622. The number of nitrogens with one attached hydrogen (secondary N) is 1. The van der Waals surface area contributed by atoms with Gasteiger partial charge in [0.1, 0.15) is 6.33 Å². The Morgan fingerprint density at radius 1 is 1.36 bits per heavy atom. The highest BCUT2D eigenvalue weighted by molar-refractivity contribution is 7.99. The van der Waals surface area contributed by atoms with Crippen LogP contribution in [0.5, 0.6) is 0 Å². The predicted molar refractivity (Wildman–Crippen MR) is 87.2 cm³/mol. The molecule has 0 spiro atoms. The van der Waals surface area contributed by atoms with Crippen molar-refractivity contribution in [2.75, 3.05) is 24.8 Å². The van der Waals surface area contributed by atoms with Gasteiger partial charge in [-0.15, -0.1) is 10.2 Å². The van der Waals surface area contributed by atoms with E-state index in [1.807, 2.05) is 36.6 Å². The topological polar surface area (TPSA) is 69.0 Å². The number of aromatic nitrogens is 3. The SMILES string of the molecule is COCCn1cnnc1SCC(=O)Nc1c(C)cccc1C. The van der Waals surface area contributed by atoms with Crippen LogP contribution in [0.15, 0.2) is 29.7 Å². The van der Waals surface area contributed by atoms with Gasteiger partial charge >= 0.3 is 0 Å². The number of hydrogen-bond donors (Lipinski definition) is 1. The lowest BCUT2D eigenvalue weighted by molar-refractivity contribution is -0.113. The zero-order valence-corrected chi connectivity index (χ0v) is 13.8. The van der Waals surface area contributed by atoms with E-state index in [0.717, 1.165) is 16.8 Å². The Morgan fingerprint density at radius 2 is 2.09 bits per heavy atom. The minimum absolute atomic E-state index is 0.0521. The minimum atomic E-state index is -0.0521. The lowest BCUT2D eigenvalue weighted by Crippen LogP contribution is -2.16. The first-order valence-corrected chi connectivity index (χ1v) is 7.96. The number of carbonyl (C=O) groups excluding carboxylic acids is 1. The maximum Gasteiger partial charge on any atom is 0.234 e. The number of carbonyl (C=O) groups is 1. The molecule has 0 saturated carbocycles. The van der Waals surface area contributed by atoms with E-state index in [0.29, 0.717) is 24.1 Å². The van der Waals surface area contributed by atoms with Crippen LogP contribution < -0.4 is 5.32 Å². The van der Waals surface area contributed by atoms with Crippen molar-refractivity contribution in [3.05, 3.63) is 35.7 Å². The summed E-state index contributed by atoms with van der Waals surface area (Å²) in [7, 11) is 1.65. The fourth-order valence-corrected chi connectivity index (χ4v) is 2.76. The molecule has 0 aliphatic heterocycles. The molecule has 0 aliphatic carbocycles. The molecular formula is C15H20N4O2S. The second-order valence-electron chi connectivity index (χ2n) is 4.90. The van der Waals surface area contributed by atoms with Crippen molar-refractivity contribution < 1.29 is 9.53 Å². The average Bonchev–Trinajstić information content (AvgIpc) is 2.94. The summed E-state index contributed by atoms with van der Waals surface area (Å²) in [5.41, 5.74) is 3.00. The summed E-state index contributed by atoms with van der Waals surface area (Å²) in [5.74, 6) is 0.239. The van der Waals surface area contributed by atoms with Crippen LogP contribution in [-0.2, 0) is 16.1 Å². The number of ether oxygens (including phenoxy) is 1. The van der Waals surface area contributed by atoms with Crippen molar-refractivity contribution in [1.29, 1.82) is 0 Å². The Balaban J connectivity index is 1.92. The molecule has 0 fully saturated rings. The summed E-state index contributed by atoms with van der Waals surface area (Å²) >= 11 is 1.36. The summed E-state index contributed by atoms with van der Waals surface area (Å²) in [6.07, 6.45) is 1.64. The molecule has 1 aromatic heterocycles. The summed E-state index contributed by atoms with van der Waals surface area (Å²) in [5, 5.41) is 11.6. The Kier molecular flexibility index (Phi) is 5.97. The fraction of sp³-hybridized carbons (Fsp3) is 0.400. The summed E-state index contributed by atoms with van der Waals surface area (Å²) in [6.45, 7) is 5.22. The maximum atomic E-state index is 12.1. The molecule has 1 aromatic carbocycles. The quantitative estimate of drug-likeness (QED) is 0.793. The Hall–Kier alpha value is -1.86. The summed E-state index contributed by atoms with van der Waals surface area (Å²) < 4.78 is 6.91. The van der Waals surface area contributed by atoms with Gasteiger partial charge in [0.25, 0.3) is 0 Å². The molecule has 0 bridgehead atoms. The largest absolute Gasteiger partial charge is 0.383 e. The van der Waals surface area contributed by atoms with Crippen LogP contribution in [0.1, 0.15) is 11.1 Å². The van der Waals surface area contributed by atoms with Gasteiger partial charge in [0, 0.05) is 19.3 Å². The molecule has 0 unspecified atom stereocenters. The third-order valence-electron chi connectivity index (χ3n) is 3.19. The van der Waals surface area contributed by atoms with Gasteiger partial charge in [-0.2, -0.15) is 0 Å². The molecular weight excluding hydrogens is 300 g/mol. The Labute approximate surface area is 134 Å². The van der Waals surface area contributed by atoms with E-state index in [4.69, 9.17) is 4.74 Å². The van der Waals surface area contributed by atoms with Crippen molar-refractivity contribution >= 4 is 23.4 Å². The van der Waals surface area contributed by atoms with Crippen LogP contribution >= 0.6 is 11.8 Å². The molecule has 1 heterocycles. The first kappa shape index (κ1) is 16.5. The maximum absolute atomic E-state index is 12.1. The smallest absolute Gasteiger partial charge is 0.234 e. The first-order valence-electron chi connectivity index (χ1n) is 6.97. The van der Waals surface area contributed by atoms with E-state index in [2.05, 4.69) is 15.5 Å². The molecule has 6 nitrogen and oxygen atoms in total. The normalized spacial score (nSPS) is 10.7. The van der Waals surface area contributed by atoms with E-state index < -0.39 is 0 Å². The first-order chi connectivity index (χ1) is 10.6. The molecule has 1 N–H and O–H groups in total. The van der Waals surface area contributed by atoms with Gasteiger partial charge in [-0.05, 0) is 25.0 Å². The van der Waals surface area contributed by atoms with Crippen molar-refractivity contribution in [3.8, 4) is 0 Å². The molecule has 118 valence electrons. The third-order valence-corrected chi connectivity index (χ3v) is 4.18. The molecule has 0 atom stereocenters. The molecule has 0 radical (unpaired) electrons. The Morgan fingerprint density at radius 3 is 2.77 bits per heavy atom. The number of nitrogens with zero attached hydrogens (tertiary/aromatic N) is 3. The van der Waals surface area contributed by atoms with Gasteiger partial charge in [-0.3, -0.25) is 4.79 Å².